The van der Waals surface area contributed by atoms with E-state index in [1.165, 1.54) is 10.9 Å². The van der Waals surface area contributed by atoms with Crippen LogP contribution >= 0.6 is 0 Å². The second-order valence-corrected chi connectivity index (χ2v) is 7.89. The Morgan fingerprint density at radius 2 is 2.00 bits per heavy atom. The molecule has 2 aliphatic rings. The van der Waals surface area contributed by atoms with Gasteiger partial charge in [-0.05, 0) is 38.5 Å². The van der Waals surface area contributed by atoms with Gasteiger partial charge in [-0.2, -0.15) is 13.2 Å². The highest BCUT2D eigenvalue weighted by atomic mass is 19.4. The molecule has 2 atom stereocenters. The van der Waals surface area contributed by atoms with Crippen LogP contribution in [0.25, 0.3) is 22.3 Å². The van der Waals surface area contributed by atoms with Gasteiger partial charge in [-0.1, -0.05) is 12.1 Å². The summed E-state index contributed by atoms with van der Waals surface area (Å²) in [5, 5.41) is 4.75. The van der Waals surface area contributed by atoms with Crippen LogP contribution in [0.5, 0.6) is 0 Å². The molecule has 2 N–H and O–H groups in total. The number of alkyl halides is 3. The SMILES string of the molecule is C[C@@H]1CCc2c(c3c(N)ncnc3n2[C@@H](C)C(F)(F)F)-c2noc(C3CC3)c21. The maximum absolute atomic E-state index is 13.7. The van der Waals surface area contributed by atoms with Gasteiger partial charge >= 0.3 is 6.18 Å². The van der Waals surface area contributed by atoms with Crippen molar-refractivity contribution in [3.05, 3.63) is 23.3 Å². The summed E-state index contributed by atoms with van der Waals surface area (Å²) < 4.78 is 48.0. The molecule has 3 heterocycles. The lowest BCUT2D eigenvalue weighted by Gasteiger charge is -2.21. The van der Waals surface area contributed by atoms with Crippen molar-refractivity contribution < 1.29 is 17.7 Å². The Kier molecular flexibility index (Phi) is 3.57. The average Bonchev–Trinajstić information content (AvgIpc) is 3.32. The molecule has 0 bridgehead atoms. The molecule has 0 unspecified atom stereocenters. The minimum atomic E-state index is -4.41. The molecule has 0 radical (unpaired) electrons. The average molecular weight is 391 g/mol. The molecule has 2 aliphatic carbocycles. The molecule has 0 amide bonds. The van der Waals surface area contributed by atoms with Crippen molar-refractivity contribution in [2.75, 3.05) is 5.73 Å². The standard InChI is InChI=1S/C19H20F3N5O/c1-8-3-6-11-13(15-12(8)16(28-26-15)10-4-5-10)14-17(23)24-7-25-18(14)27(11)9(2)19(20,21)22/h7-10H,3-6H2,1-2H3,(H2,23,24,25)/t8-,9+/m1/s1. The third kappa shape index (κ3) is 2.37. The molecule has 0 aromatic carbocycles. The number of nitrogens with zero attached hydrogens (tertiary/aromatic N) is 4. The Morgan fingerprint density at radius 3 is 2.68 bits per heavy atom. The number of fused-ring (bicyclic) bond motifs is 5. The van der Waals surface area contributed by atoms with E-state index in [1.807, 2.05) is 0 Å². The third-order valence-electron chi connectivity index (χ3n) is 6.02. The van der Waals surface area contributed by atoms with Crippen LogP contribution < -0.4 is 5.73 Å². The maximum atomic E-state index is 13.7. The van der Waals surface area contributed by atoms with Gasteiger partial charge in [0.1, 0.15) is 35.3 Å². The number of hydrogen-bond acceptors (Lipinski definition) is 5. The Bertz CT molecular complexity index is 1080. The minimum Gasteiger partial charge on any atom is -0.383 e. The van der Waals surface area contributed by atoms with Crippen LogP contribution in [0.3, 0.4) is 0 Å². The highest BCUT2D eigenvalue weighted by molar-refractivity contribution is 6.02. The van der Waals surface area contributed by atoms with Gasteiger partial charge in [-0.3, -0.25) is 0 Å². The first-order valence-electron chi connectivity index (χ1n) is 9.48. The molecule has 5 rings (SSSR count). The molecule has 1 saturated carbocycles. The molecule has 1 fully saturated rings. The van der Waals surface area contributed by atoms with Gasteiger partial charge in [0.25, 0.3) is 0 Å². The number of hydrogen-bond donors (Lipinski definition) is 1. The molecular weight excluding hydrogens is 371 g/mol. The highest BCUT2D eigenvalue weighted by Crippen LogP contribution is 2.51. The molecule has 6 nitrogen and oxygen atoms in total. The number of aromatic nitrogens is 4. The first kappa shape index (κ1) is 17.5. The largest absolute Gasteiger partial charge is 0.408 e. The molecule has 0 saturated heterocycles. The van der Waals surface area contributed by atoms with Crippen molar-refractivity contribution >= 4 is 16.9 Å². The van der Waals surface area contributed by atoms with E-state index in [4.69, 9.17) is 10.3 Å². The summed E-state index contributed by atoms with van der Waals surface area (Å²) in [6.45, 7) is 3.22. The normalized spacial score (nSPS) is 20.7. The van der Waals surface area contributed by atoms with E-state index in [0.29, 0.717) is 41.1 Å². The Balaban J connectivity index is 1.87. The summed E-state index contributed by atoms with van der Waals surface area (Å²) in [5.41, 5.74) is 9.06. The Morgan fingerprint density at radius 1 is 1.25 bits per heavy atom. The molecule has 3 aromatic rings. The van der Waals surface area contributed by atoms with Crippen molar-refractivity contribution in [3.63, 3.8) is 0 Å². The topological polar surface area (TPSA) is 82.8 Å². The van der Waals surface area contributed by atoms with Gasteiger partial charge in [0.05, 0.1) is 5.39 Å². The Labute approximate surface area is 158 Å². The molecule has 3 aromatic heterocycles. The zero-order valence-corrected chi connectivity index (χ0v) is 15.5. The van der Waals surface area contributed by atoms with Gasteiger partial charge in [0.2, 0.25) is 0 Å². The molecule has 0 aliphatic heterocycles. The lowest BCUT2D eigenvalue weighted by Crippen LogP contribution is -2.25. The van der Waals surface area contributed by atoms with E-state index in [0.717, 1.165) is 31.1 Å². The summed E-state index contributed by atoms with van der Waals surface area (Å²) >= 11 is 0. The smallest absolute Gasteiger partial charge is 0.383 e. The van der Waals surface area contributed by atoms with E-state index in [1.54, 1.807) is 0 Å². The molecular formula is C19H20F3N5O. The van der Waals surface area contributed by atoms with Crippen molar-refractivity contribution in [2.24, 2.45) is 0 Å². The van der Waals surface area contributed by atoms with Crippen LogP contribution in [0.2, 0.25) is 0 Å². The maximum Gasteiger partial charge on any atom is 0.408 e. The molecule has 148 valence electrons. The summed E-state index contributed by atoms with van der Waals surface area (Å²) in [6.07, 6.45) is 0.0860. The van der Waals surface area contributed by atoms with Crippen molar-refractivity contribution in [3.8, 4) is 11.3 Å². The van der Waals surface area contributed by atoms with Crippen molar-refractivity contribution in [2.45, 2.75) is 63.6 Å². The first-order chi connectivity index (χ1) is 13.3. The Hall–Kier alpha value is -2.58. The molecule has 28 heavy (non-hydrogen) atoms. The fourth-order valence-corrected chi connectivity index (χ4v) is 4.37. The summed E-state index contributed by atoms with van der Waals surface area (Å²) in [6, 6.07) is -1.74. The van der Waals surface area contributed by atoms with Gasteiger partial charge in [0, 0.05) is 22.7 Å². The number of anilines is 1. The summed E-state index contributed by atoms with van der Waals surface area (Å²) in [4.78, 5) is 8.21. The second kappa shape index (κ2) is 5.71. The number of nitrogens with two attached hydrogens (primary N) is 1. The van der Waals surface area contributed by atoms with E-state index >= 15 is 0 Å². The fraction of sp³-hybridized carbons (Fsp3) is 0.526. The quantitative estimate of drug-likeness (QED) is 0.684. The summed E-state index contributed by atoms with van der Waals surface area (Å²) in [5.74, 6) is 1.53. The summed E-state index contributed by atoms with van der Waals surface area (Å²) in [7, 11) is 0. The van der Waals surface area contributed by atoms with Crippen LogP contribution in [-0.4, -0.2) is 25.9 Å². The molecule has 9 heteroatoms. The van der Waals surface area contributed by atoms with Crippen LogP contribution in [0, 0.1) is 0 Å². The van der Waals surface area contributed by atoms with E-state index in [2.05, 4.69) is 22.0 Å². The van der Waals surface area contributed by atoms with E-state index in [9.17, 15) is 13.2 Å². The van der Waals surface area contributed by atoms with Crippen LogP contribution in [0.1, 0.15) is 68.0 Å². The predicted octanol–water partition coefficient (Wildman–Crippen LogP) is 4.72. The number of halogens is 3. The first-order valence-corrected chi connectivity index (χ1v) is 9.48. The minimum absolute atomic E-state index is 0.139. The van der Waals surface area contributed by atoms with Gasteiger partial charge in [-0.25, -0.2) is 9.97 Å². The fourth-order valence-electron chi connectivity index (χ4n) is 4.37. The van der Waals surface area contributed by atoms with E-state index in [-0.39, 0.29) is 17.4 Å². The zero-order chi connectivity index (χ0) is 19.8. The van der Waals surface area contributed by atoms with Crippen molar-refractivity contribution in [1.82, 2.24) is 19.7 Å². The van der Waals surface area contributed by atoms with Gasteiger partial charge in [0.15, 0.2) is 0 Å². The second-order valence-electron chi connectivity index (χ2n) is 7.89. The van der Waals surface area contributed by atoms with Gasteiger partial charge in [-0.15, -0.1) is 0 Å². The predicted molar refractivity (Wildman–Crippen MR) is 96.9 cm³/mol. The number of nitrogen functional groups attached to an aromatic ring is 1. The third-order valence-corrected chi connectivity index (χ3v) is 6.02. The zero-order valence-electron chi connectivity index (χ0n) is 15.5. The lowest BCUT2D eigenvalue weighted by molar-refractivity contribution is -0.162. The molecule has 0 spiro atoms. The monoisotopic (exact) mass is 391 g/mol. The van der Waals surface area contributed by atoms with Crippen LogP contribution in [0.4, 0.5) is 19.0 Å². The van der Waals surface area contributed by atoms with Crippen molar-refractivity contribution in [1.29, 1.82) is 0 Å². The highest BCUT2D eigenvalue weighted by Gasteiger charge is 2.43. The van der Waals surface area contributed by atoms with Gasteiger partial charge < -0.3 is 14.8 Å². The lowest BCUT2D eigenvalue weighted by atomic mass is 9.94. The van der Waals surface area contributed by atoms with E-state index < -0.39 is 12.2 Å². The van der Waals surface area contributed by atoms with Crippen LogP contribution in [0.15, 0.2) is 10.9 Å². The number of rotatable bonds is 2. The van der Waals surface area contributed by atoms with Crippen LogP contribution in [-0.2, 0) is 6.42 Å².